The molecule has 0 radical (unpaired) electrons. The Balaban J connectivity index is 2.07. The van der Waals surface area contributed by atoms with Crippen LogP contribution in [-0.2, 0) is 6.54 Å². The average Bonchev–Trinajstić information content (AvgIpc) is 2.65. The number of thiazole rings is 1. The van der Waals surface area contributed by atoms with Gasteiger partial charge < -0.3 is 10.6 Å². The first-order valence-corrected chi connectivity index (χ1v) is 5.60. The summed E-state index contributed by atoms with van der Waals surface area (Å²) in [7, 11) is 2.05. The van der Waals surface area contributed by atoms with Crippen molar-refractivity contribution in [1.82, 2.24) is 4.98 Å². The minimum absolute atomic E-state index is 0.631. The third-order valence-electron chi connectivity index (χ3n) is 2.17. The zero-order chi connectivity index (χ0) is 10.7. The molecule has 0 unspecified atom stereocenters. The fraction of sp³-hybridized carbons (Fsp3) is 0.182. The Morgan fingerprint density at radius 2 is 2.07 bits per heavy atom. The molecule has 78 valence electrons. The zero-order valence-electron chi connectivity index (χ0n) is 8.55. The zero-order valence-corrected chi connectivity index (χ0v) is 9.37. The maximum Gasteiger partial charge on any atom is 0.180 e. The van der Waals surface area contributed by atoms with Gasteiger partial charge in [-0.3, -0.25) is 0 Å². The summed E-state index contributed by atoms with van der Waals surface area (Å²) in [6.07, 6.45) is 0. The highest BCUT2D eigenvalue weighted by atomic mass is 32.1. The van der Waals surface area contributed by atoms with E-state index < -0.39 is 0 Å². The van der Waals surface area contributed by atoms with Gasteiger partial charge in [0, 0.05) is 18.1 Å². The molecule has 3 nitrogen and oxygen atoms in total. The molecule has 0 aliphatic rings. The second-order valence-electron chi connectivity index (χ2n) is 3.37. The van der Waals surface area contributed by atoms with Crippen LogP contribution in [0.15, 0.2) is 35.7 Å². The van der Waals surface area contributed by atoms with E-state index in [1.165, 1.54) is 17.0 Å². The number of benzene rings is 1. The summed E-state index contributed by atoms with van der Waals surface area (Å²) in [4.78, 5) is 6.38. The molecule has 0 saturated carbocycles. The molecule has 15 heavy (non-hydrogen) atoms. The van der Waals surface area contributed by atoms with E-state index in [-0.39, 0.29) is 0 Å². The summed E-state index contributed by atoms with van der Waals surface area (Å²) in [6.45, 7) is 0.789. The lowest BCUT2D eigenvalue weighted by molar-refractivity contribution is 0.896. The van der Waals surface area contributed by atoms with Crippen LogP contribution in [0.4, 0.5) is 10.8 Å². The SMILES string of the molecule is CN(Cc1csc(N)n1)c1ccccc1. The highest BCUT2D eigenvalue weighted by Gasteiger charge is 2.03. The molecule has 0 amide bonds. The molecule has 1 aromatic heterocycles. The number of nitrogens with zero attached hydrogens (tertiary/aromatic N) is 2. The van der Waals surface area contributed by atoms with Crippen molar-refractivity contribution in [3.05, 3.63) is 41.4 Å². The van der Waals surface area contributed by atoms with Gasteiger partial charge in [0.25, 0.3) is 0 Å². The summed E-state index contributed by atoms with van der Waals surface area (Å²) in [5, 5.41) is 2.63. The number of hydrogen-bond acceptors (Lipinski definition) is 4. The van der Waals surface area contributed by atoms with Gasteiger partial charge >= 0.3 is 0 Å². The first kappa shape index (κ1) is 9.98. The number of aromatic nitrogens is 1. The Kier molecular flexibility index (Phi) is 2.87. The second kappa shape index (κ2) is 4.31. The summed E-state index contributed by atoms with van der Waals surface area (Å²) in [5.41, 5.74) is 7.78. The number of hydrogen-bond donors (Lipinski definition) is 1. The Bertz CT molecular complexity index is 424. The van der Waals surface area contributed by atoms with E-state index in [0.717, 1.165) is 12.2 Å². The quantitative estimate of drug-likeness (QED) is 0.861. The van der Waals surface area contributed by atoms with Gasteiger partial charge in [-0.15, -0.1) is 11.3 Å². The minimum atomic E-state index is 0.631. The Hall–Kier alpha value is -1.55. The Morgan fingerprint density at radius 3 is 2.67 bits per heavy atom. The van der Waals surface area contributed by atoms with Crippen molar-refractivity contribution in [2.45, 2.75) is 6.54 Å². The van der Waals surface area contributed by atoms with Crippen LogP contribution in [-0.4, -0.2) is 12.0 Å². The van der Waals surface area contributed by atoms with Crippen LogP contribution < -0.4 is 10.6 Å². The smallest absolute Gasteiger partial charge is 0.180 e. The molecule has 1 aromatic carbocycles. The molecule has 2 aromatic rings. The van der Waals surface area contributed by atoms with Crippen LogP contribution in [0.3, 0.4) is 0 Å². The third-order valence-corrected chi connectivity index (χ3v) is 2.89. The standard InChI is InChI=1S/C11H13N3S/c1-14(10-5-3-2-4-6-10)7-9-8-15-11(12)13-9/h2-6,8H,7H2,1H3,(H2,12,13). The Morgan fingerprint density at radius 1 is 1.33 bits per heavy atom. The normalized spacial score (nSPS) is 10.2. The topological polar surface area (TPSA) is 42.1 Å². The molecule has 0 spiro atoms. The lowest BCUT2D eigenvalue weighted by Gasteiger charge is -2.17. The summed E-state index contributed by atoms with van der Waals surface area (Å²) in [5.74, 6) is 0. The summed E-state index contributed by atoms with van der Waals surface area (Å²) in [6, 6.07) is 10.2. The van der Waals surface area contributed by atoms with Crippen molar-refractivity contribution in [2.75, 3.05) is 17.7 Å². The molecule has 0 bridgehead atoms. The van der Waals surface area contributed by atoms with Crippen LogP contribution in [0.25, 0.3) is 0 Å². The predicted octanol–water partition coefficient (Wildman–Crippen LogP) is 2.36. The van der Waals surface area contributed by atoms with Gasteiger partial charge in [0.2, 0.25) is 0 Å². The fourth-order valence-electron chi connectivity index (χ4n) is 1.41. The molecule has 0 atom stereocenters. The number of anilines is 2. The third kappa shape index (κ3) is 2.47. The monoisotopic (exact) mass is 219 g/mol. The molecule has 0 aliphatic heterocycles. The maximum atomic E-state index is 5.58. The minimum Gasteiger partial charge on any atom is -0.375 e. The van der Waals surface area contributed by atoms with Gasteiger partial charge in [0.1, 0.15) is 0 Å². The van der Waals surface area contributed by atoms with Crippen LogP contribution in [0.1, 0.15) is 5.69 Å². The summed E-state index contributed by atoms with van der Waals surface area (Å²) < 4.78 is 0. The van der Waals surface area contributed by atoms with Gasteiger partial charge in [-0.25, -0.2) is 4.98 Å². The van der Waals surface area contributed by atoms with Gasteiger partial charge in [0.15, 0.2) is 5.13 Å². The Labute approximate surface area is 93.2 Å². The molecular formula is C11H13N3S. The van der Waals surface area contributed by atoms with Crippen molar-refractivity contribution in [3.8, 4) is 0 Å². The van der Waals surface area contributed by atoms with Crippen molar-refractivity contribution in [3.63, 3.8) is 0 Å². The second-order valence-corrected chi connectivity index (χ2v) is 4.26. The van der Waals surface area contributed by atoms with Crippen molar-refractivity contribution in [2.24, 2.45) is 0 Å². The fourth-order valence-corrected chi connectivity index (χ4v) is 1.97. The van der Waals surface area contributed by atoms with E-state index in [1.54, 1.807) is 0 Å². The predicted molar refractivity (Wildman–Crippen MR) is 65.1 cm³/mol. The largest absolute Gasteiger partial charge is 0.375 e. The number of nitrogens with two attached hydrogens (primary N) is 1. The molecule has 0 fully saturated rings. The average molecular weight is 219 g/mol. The number of rotatable bonds is 3. The first-order chi connectivity index (χ1) is 7.25. The molecular weight excluding hydrogens is 206 g/mol. The van der Waals surface area contributed by atoms with E-state index >= 15 is 0 Å². The van der Waals surface area contributed by atoms with Crippen molar-refractivity contribution < 1.29 is 0 Å². The van der Waals surface area contributed by atoms with Crippen LogP contribution in [0.2, 0.25) is 0 Å². The van der Waals surface area contributed by atoms with Gasteiger partial charge in [-0.1, -0.05) is 18.2 Å². The summed E-state index contributed by atoms with van der Waals surface area (Å²) >= 11 is 1.48. The number of nitrogen functional groups attached to an aromatic ring is 1. The van der Waals surface area contributed by atoms with Crippen molar-refractivity contribution >= 4 is 22.2 Å². The molecule has 0 aliphatic carbocycles. The molecule has 2 N–H and O–H groups in total. The van der Waals surface area contributed by atoms with E-state index in [4.69, 9.17) is 5.73 Å². The lowest BCUT2D eigenvalue weighted by atomic mass is 10.3. The van der Waals surface area contributed by atoms with Crippen LogP contribution in [0, 0.1) is 0 Å². The van der Waals surface area contributed by atoms with Gasteiger partial charge in [-0.05, 0) is 12.1 Å². The maximum absolute atomic E-state index is 5.58. The molecule has 2 rings (SSSR count). The van der Waals surface area contributed by atoms with Crippen LogP contribution in [0.5, 0.6) is 0 Å². The van der Waals surface area contributed by atoms with Crippen molar-refractivity contribution in [1.29, 1.82) is 0 Å². The van der Waals surface area contributed by atoms with E-state index in [1.807, 2.05) is 30.6 Å². The van der Waals surface area contributed by atoms with Crippen LogP contribution >= 0.6 is 11.3 Å². The first-order valence-electron chi connectivity index (χ1n) is 4.72. The highest BCUT2D eigenvalue weighted by Crippen LogP contribution is 2.17. The molecule has 0 saturated heterocycles. The highest BCUT2D eigenvalue weighted by molar-refractivity contribution is 7.13. The number of para-hydroxylation sites is 1. The molecule has 1 heterocycles. The van der Waals surface area contributed by atoms with Gasteiger partial charge in [0.05, 0.1) is 12.2 Å². The van der Waals surface area contributed by atoms with E-state index in [9.17, 15) is 0 Å². The van der Waals surface area contributed by atoms with E-state index in [2.05, 4.69) is 22.0 Å². The lowest BCUT2D eigenvalue weighted by Crippen LogP contribution is -2.16. The van der Waals surface area contributed by atoms with E-state index in [0.29, 0.717) is 5.13 Å². The van der Waals surface area contributed by atoms with Gasteiger partial charge in [-0.2, -0.15) is 0 Å². The molecule has 4 heteroatoms.